The Kier molecular flexibility index (Phi) is 3.87. The van der Waals surface area contributed by atoms with Gasteiger partial charge in [0.25, 0.3) is 0 Å². The number of pyridine rings is 1. The average Bonchev–Trinajstić information content (AvgIpc) is 3.01. The van der Waals surface area contributed by atoms with Gasteiger partial charge in [0.2, 0.25) is 0 Å². The van der Waals surface area contributed by atoms with E-state index in [2.05, 4.69) is 33.6 Å². The van der Waals surface area contributed by atoms with Crippen LogP contribution < -0.4 is 4.74 Å². The number of rotatable bonds is 4. The van der Waals surface area contributed by atoms with Crippen LogP contribution in [0.25, 0.3) is 17.1 Å². The lowest BCUT2D eigenvalue weighted by Crippen LogP contribution is -2.04. The minimum absolute atomic E-state index is 0.269. The van der Waals surface area contributed by atoms with Crippen LogP contribution in [0.2, 0.25) is 0 Å². The summed E-state index contributed by atoms with van der Waals surface area (Å²) in [5.74, 6) is 2.84. The molecule has 2 heterocycles. The predicted molar refractivity (Wildman–Crippen MR) is 85.2 cm³/mol. The molecular weight excluding hydrogens is 276 g/mol. The molecule has 0 aliphatic rings. The number of benzene rings is 1. The molecule has 0 bridgehead atoms. The quantitative estimate of drug-likeness (QED) is 0.739. The molecular formula is C17H18N4O. The summed E-state index contributed by atoms with van der Waals surface area (Å²) in [6, 6.07) is 11.8. The monoisotopic (exact) mass is 294 g/mol. The molecule has 0 saturated carbocycles. The van der Waals surface area contributed by atoms with Crippen LogP contribution in [0, 0.1) is 0 Å². The third-order valence-electron chi connectivity index (χ3n) is 3.47. The second-order valence-electron chi connectivity index (χ2n) is 5.31. The largest absolute Gasteiger partial charge is 0.497 e. The zero-order chi connectivity index (χ0) is 15.5. The van der Waals surface area contributed by atoms with Crippen molar-refractivity contribution >= 4 is 0 Å². The van der Waals surface area contributed by atoms with Crippen LogP contribution in [0.15, 0.2) is 48.8 Å². The molecule has 0 saturated heterocycles. The summed E-state index contributed by atoms with van der Waals surface area (Å²) in [5, 5.41) is 8.75. The second-order valence-corrected chi connectivity index (χ2v) is 5.31. The van der Waals surface area contributed by atoms with Crippen LogP contribution in [0.3, 0.4) is 0 Å². The molecule has 1 aromatic carbocycles. The van der Waals surface area contributed by atoms with Crippen molar-refractivity contribution in [1.82, 2.24) is 19.7 Å². The van der Waals surface area contributed by atoms with E-state index in [9.17, 15) is 0 Å². The Balaban J connectivity index is 2.16. The van der Waals surface area contributed by atoms with Gasteiger partial charge in [-0.05, 0) is 36.4 Å². The van der Waals surface area contributed by atoms with Gasteiger partial charge in [-0.25, -0.2) is 0 Å². The number of hydrogen-bond acceptors (Lipinski definition) is 4. The molecule has 5 nitrogen and oxygen atoms in total. The maximum Gasteiger partial charge on any atom is 0.168 e. The summed E-state index contributed by atoms with van der Waals surface area (Å²) in [5.41, 5.74) is 2.01. The van der Waals surface area contributed by atoms with E-state index in [1.54, 1.807) is 19.5 Å². The van der Waals surface area contributed by atoms with E-state index in [-0.39, 0.29) is 5.92 Å². The van der Waals surface area contributed by atoms with Gasteiger partial charge in [-0.1, -0.05) is 13.8 Å². The molecule has 0 fully saturated rings. The molecule has 0 radical (unpaired) electrons. The number of aromatic nitrogens is 4. The van der Waals surface area contributed by atoms with Crippen LogP contribution >= 0.6 is 0 Å². The van der Waals surface area contributed by atoms with Gasteiger partial charge >= 0.3 is 0 Å². The van der Waals surface area contributed by atoms with Crippen molar-refractivity contribution in [3.8, 4) is 22.8 Å². The van der Waals surface area contributed by atoms with Crippen molar-refractivity contribution < 1.29 is 4.74 Å². The van der Waals surface area contributed by atoms with E-state index in [1.165, 1.54) is 0 Å². The topological polar surface area (TPSA) is 52.8 Å². The van der Waals surface area contributed by atoms with Crippen molar-refractivity contribution in [1.29, 1.82) is 0 Å². The number of hydrogen-bond donors (Lipinski definition) is 0. The van der Waals surface area contributed by atoms with E-state index >= 15 is 0 Å². The van der Waals surface area contributed by atoms with Crippen LogP contribution in [-0.2, 0) is 0 Å². The normalized spacial score (nSPS) is 10.9. The minimum atomic E-state index is 0.269. The molecule has 0 atom stereocenters. The Hall–Kier alpha value is -2.69. The third kappa shape index (κ3) is 2.57. The predicted octanol–water partition coefficient (Wildman–Crippen LogP) is 3.46. The minimum Gasteiger partial charge on any atom is -0.497 e. The van der Waals surface area contributed by atoms with Crippen LogP contribution in [0.4, 0.5) is 0 Å². The van der Waals surface area contributed by atoms with E-state index in [4.69, 9.17) is 4.74 Å². The van der Waals surface area contributed by atoms with Crippen LogP contribution in [0.5, 0.6) is 5.75 Å². The van der Waals surface area contributed by atoms with Gasteiger partial charge in [-0.3, -0.25) is 9.55 Å². The Morgan fingerprint density at radius 2 is 1.64 bits per heavy atom. The Morgan fingerprint density at radius 3 is 2.23 bits per heavy atom. The molecule has 22 heavy (non-hydrogen) atoms. The summed E-state index contributed by atoms with van der Waals surface area (Å²) in [6.45, 7) is 4.22. The lowest BCUT2D eigenvalue weighted by Gasteiger charge is -2.13. The van der Waals surface area contributed by atoms with Crippen LogP contribution in [-0.4, -0.2) is 26.9 Å². The molecule has 2 aromatic heterocycles. The fraction of sp³-hybridized carbons (Fsp3) is 0.235. The Labute approximate surface area is 129 Å². The smallest absolute Gasteiger partial charge is 0.168 e. The van der Waals surface area contributed by atoms with Crippen molar-refractivity contribution in [3.63, 3.8) is 0 Å². The summed E-state index contributed by atoms with van der Waals surface area (Å²) in [4.78, 5) is 4.06. The summed E-state index contributed by atoms with van der Waals surface area (Å²) >= 11 is 0. The van der Waals surface area contributed by atoms with Gasteiger partial charge in [-0.2, -0.15) is 0 Å². The summed E-state index contributed by atoms with van der Waals surface area (Å²) in [6.07, 6.45) is 3.52. The fourth-order valence-electron chi connectivity index (χ4n) is 2.34. The molecule has 0 amide bonds. The molecule has 3 aromatic rings. The SMILES string of the molecule is COc1ccc(-n2c(-c3ccncc3)nnc2C(C)C)cc1. The van der Waals surface area contributed by atoms with Gasteiger partial charge < -0.3 is 4.74 Å². The first-order chi connectivity index (χ1) is 10.7. The molecule has 0 aliphatic heterocycles. The Bertz CT molecular complexity index is 748. The maximum absolute atomic E-state index is 5.23. The van der Waals surface area contributed by atoms with Gasteiger partial charge in [0.05, 0.1) is 7.11 Å². The van der Waals surface area contributed by atoms with Crippen molar-refractivity contribution in [2.45, 2.75) is 19.8 Å². The Morgan fingerprint density at radius 1 is 0.955 bits per heavy atom. The highest BCUT2D eigenvalue weighted by Crippen LogP contribution is 2.26. The first kappa shape index (κ1) is 14.3. The molecule has 3 rings (SSSR count). The highest BCUT2D eigenvalue weighted by molar-refractivity contribution is 5.58. The zero-order valence-electron chi connectivity index (χ0n) is 12.9. The molecule has 112 valence electrons. The number of ether oxygens (including phenoxy) is 1. The van der Waals surface area contributed by atoms with Gasteiger partial charge in [0.15, 0.2) is 5.82 Å². The second kappa shape index (κ2) is 5.97. The van der Waals surface area contributed by atoms with E-state index in [0.29, 0.717) is 0 Å². The molecule has 0 spiro atoms. The van der Waals surface area contributed by atoms with Crippen molar-refractivity contribution in [2.75, 3.05) is 7.11 Å². The average molecular weight is 294 g/mol. The standard InChI is InChI=1S/C17H18N4O/c1-12(2)16-19-20-17(13-8-10-18-11-9-13)21(16)14-4-6-15(22-3)7-5-14/h4-12H,1-3H3. The first-order valence-corrected chi connectivity index (χ1v) is 7.21. The number of methoxy groups -OCH3 is 1. The van der Waals surface area contributed by atoms with E-state index < -0.39 is 0 Å². The first-order valence-electron chi connectivity index (χ1n) is 7.21. The van der Waals surface area contributed by atoms with E-state index in [1.807, 2.05) is 36.4 Å². The lowest BCUT2D eigenvalue weighted by molar-refractivity contribution is 0.414. The van der Waals surface area contributed by atoms with Gasteiger partial charge in [-0.15, -0.1) is 10.2 Å². The molecule has 0 unspecified atom stereocenters. The van der Waals surface area contributed by atoms with Crippen molar-refractivity contribution in [2.24, 2.45) is 0 Å². The van der Waals surface area contributed by atoms with Gasteiger partial charge in [0, 0.05) is 29.6 Å². The highest BCUT2D eigenvalue weighted by Gasteiger charge is 2.17. The summed E-state index contributed by atoms with van der Waals surface area (Å²) < 4.78 is 7.31. The fourth-order valence-corrected chi connectivity index (χ4v) is 2.34. The maximum atomic E-state index is 5.23. The van der Waals surface area contributed by atoms with Crippen LogP contribution in [0.1, 0.15) is 25.6 Å². The molecule has 5 heteroatoms. The van der Waals surface area contributed by atoms with Crippen molar-refractivity contribution in [3.05, 3.63) is 54.6 Å². The van der Waals surface area contributed by atoms with E-state index in [0.717, 1.165) is 28.6 Å². The third-order valence-corrected chi connectivity index (χ3v) is 3.47. The molecule has 0 aliphatic carbocycles. The lowest BCUT2D eigenvalue weighted by atomic mass is 10.2. The molecule has 0 N–H and O–H groups in total. The number of nitrogens with zero attached hydrogens (tertiary/aromatic N) is 4. The zero-order valence-corrected chi connectivity index (χ0v) is 12.9. The summed E-state index contributed by atoms with van der Waals surface area (Å²) in [7, 11) is 1.66. The highest BCUT2D eigenvalue weighted by atomic mass is 16.5. The van der Waals surface area contributed by atoms with Gasteiger partial charge in [0.1, 0.15) is 11.6 Å².